The van der Waals surface area contributed by atoms with Gasteiger partial charge in [-0.1, -0.05) is 90.5 Å². The van der Waals surface area contributed by atoms with Crippen molar-refractivity contribution in [3.8, 4) is 5.69 Å². The van der Waals surface area contributed by atoms with Crippen molar-refractivity contribution in [2.75, 3.05) is 31.1 Å². The molecule has 8 heteroatoms. The first-order chi connectivity index (χ1) is 22.9. The van der Waals surface area contributed by atoms with Crippen molar-refractivity contribution < 1.29 is 9.18 Å². The van der Waals surface area contributed by atoms with Crippen molar-refractivity contribution in [2.24, 2.45) is 0 Å². The topological polar surface area (TPSA) is 67.2 Å². The number of hydrogen-bond donors (Lipinski definition) is 0. The summed E-state index contributed by atoms with van der Waals surface area (Å²) in [7, 11) is 0. The normalized spacial score (nSPS) is 13.7. The molecule has 0 spiro atoms. The molecule has 6 aromatic rings. The molecule has 1 saturated heterocycles. The summed E-state index contributed by atoms with van der Waals surface area (Å²) in [6.45, 7) is 6.63. The smallest absolute Gasteiger partial charge is 0.234 e. The highest BCUT2D eigenvalue weighted by molar-refractivity contribution is 5.91. The van der Waals surface area contributed by atoms with Crippen LogP contribution in [-0.4, -0.2) is 56.7 Å². The number of carbonyl (C=O) groups excluding carboxylic acids is 1. The highest BCUT2D eigenvalue weighted by atomic mass is 19.1. The van der Waals surface area contributed by atoms with Gasteiger partial charge in [0, 0.05) is 32.6 Å². The number of benzene rings is 4. The molecule has 1 fully saturated rings. The Balaban J connectivity index is 1.24. The van der Waals surface area contributed by atoms with E-state index in [4.69, 9.17) is 15.1 Å². The number of carbonyl (C=O) groups is 1. The van der Waals surface area contributed by atoms with Crippen LogP contribution >= 0.6 is 0 Å². The maximum atomic E-state index is 14.3. The van der Waals surface area contributed by atoms with Gasteiger partial charge in [-0.2, -0.15) is 5.10 Å². The summed E-state index contributed by atoms with van der Waals surface area (Å²) in [6.07, 6.45) is 1.36. The number of aromatic nitrogens is 4. The fourth-order valence-corrected chi connectivity index (χ4v) is 6.47. The Morgan fingerprint density at radius 2 is 1.43 bits per heavy atom. The van der Waals surface area contributed by atoms with E-state index in [1.165, 1.54) is 17.7 Å². The van der Waals surface area contributed by atoms with Gasteiger partial charge in [0.25, 0.3) is 0 Å². The Hall–Kier alpha value is -5.37. The maximum Gasteiger partial charge on any atom is 0.234 e. The molecule has 2 aromatic heterocycles. The zero-order chi connectivity index (χ0) is 32.3. The van der Waals surface area contributed by atoms with Crippen LogP contribution in [0.1, 0.15) is 46.1 Å². The van der Waals surface area contributed by atoms with Crippen molar-refractivity contribution >= 4 is 22.8 Å². The summed E-state index contributed by atoms with van der Waals surface area (Å²) in [5, 5.41) is 5.73. The zero-order valence-electron chi connectivity index (χ0n) is 26.7. The zero-order valence-corrected chi connectivity index (χ0v) is 26.7. The lowest BCUT2D eigenvalue weighted by Gasteiger charge is -2.27. The molecular weight excluding hydrogens is 587 g/mol. The molecule has 0 radical (unpaired) electrons. The molecule has 0 N–H and O–H groups in total. The molecule has 0 aliphatic carbocycles. The van der Waals surface area contributed by atoms with E-state index in [9.17, 15) is 9.18 Å². The standard InChI is InChI=1S/C39H37FN6O/c1-27-14-16-29(17-15-27)26-34-41-37(35-28(2)43-46(38(35)42-34)33-20-18-32(40)19-21-33)44-22-9-23-45(25-24-44)39(47)36(30-10-5-3-6-11-30)31-12-7-4-8-13-31/h3-8,10-21,36H,9,22-26H2,1-2H3. The lowest BCUT2D eigenvalue weighted by Crippen LogP contribution is -2.38. The number of amides is 1. The fraction of sp³-hybridized carbons (Fsp3) is 0.231. The van der Waals surface area contributed by atoms with Gasteiger partial charge < -0.3 is 9.80 Å². The molecule has 0 unspecified atom stereocenters. The van der Waals surface area contributed by atoms with Gasteiger partial charge in [0.05, 0.1) is 22.7 Å². The van der Waals surface area contributed by atoms with Crippen molar-refractivity contribution in [2.45, 2.75) is 32.6 Å². The molecule has 1 aliphatic rings. The second kappa shape index (κ2) is 13.2. The summed E-state index contributed by atoms with van der Waals surface area (Å²) in [4.78, 5) is 28.7. The van der Waals surface area contributed by atoms with Crippen molar-refractivity contribution in [3.63, 3.8) is 0 Å². The van der Waals surface area contributed by atoms with Gasteiger partial charge in [0.2, 0.25) is 5.91 Å². The van der Waals surface area contributed by atoms with Gasteiger partial charge in [-0.05, 0) is 61.2 Å². The van der Waals surface area contributed by atoms with Gasteiger partial charge in [0.1, 0.15) is 17.5 Å². The summed E-state index contributed by atoms with van der Waals surface area (Å²) >= 11 is 0. The van der Waals surface area contributed by atoms with Gasteiger partial charge in [-0.25, -0.2) is 19.0 Å². The number of nitrogens with zero attached hydrogens (tertiary/aromatic N) is 6. The number of aryl methyl sites for hydroxylation is 2. The minimum Gasteiger partial charge on any atom is -0.354 e. The summed E-state index contributed by atoms with van der Waals surface area (Å²) in [5.41, 5.74) is 6.51. The van der Waals surface area contributed by atoms with E-state index in [0.29, 0.717) is 37.5 Å². The highest BCUT2D eigenvalue weighted by Crippen LogP contribution is 2.32. The molecule has 47 heavy (non-hydrogen) atoms. The van der Waals surface area contributed by atoms with Crippen molar-refractivity contribution in [3.05, 3.63) is 149 Å². The van der Waals surface area contributed by atoms with Crippen LogP contribution in [0.3, 0.4) is 0 Å². The first kappa shape index (κ1) is 30.3. The lowest BCUT2D eigenvalue weighted by molar-refractivity contribution is -0.131. The molecule has 0 saturated carbocycles. The molecule has 236 valence electrons. The maximum absolute atomic E-state index is 14.3. The highest BCUT2D eigenvalue weighted by Gasteiger charge is 2.30. The van der Waals surface area contributed by atoms with Crippen LogP contribution in [-0.2, 0) is 11.2 Å². The monoisotopic (exact) mass is 624 g/mol. The Labute approximate surface area is 274 Å². The molecule has 0 atom stereocenters. The Morgan fingerprint density at radius 1 is 0.766 bits per heavy atom. The van der Waals surface area contributed by atoms with Crippen LogP contribution in [0, 0.1) is 19.7 Å². The average molecular weight is 625 g/mol. The molecule has 1 amide bonds. The average Bonchev–Trinajstić information content (AvgIpc) is 3.25. The first-order valence-electron chi connectivity index (χ1n) is 16.2. The van der Waals surface area contributed by atoms with Crippen LogP contribution in [0.5, 0.6) is 0 Å². The van der Waals surface area contributed by atoms with E-state index < -0.39 is 0 Å². The third-order valence-corrected chi connectivity index (χ3v) is 8.90. The molecule has 0 bridgehead atoms. The van der Waals surface area contributed by atoms with Crippen LogP contribution in [0.2, 0.25) is 0 Å². The second-order valence-electron chi connectivity index (χ2n) is 12.2. The molecule has 3 heterocycles. The third-order valence-electron chi connectivity index (χ3n) is 8.90. The van der Waals surface area contributed by atoms with Crippen LogP contribution in [0.4, 0.5) is 10.2 Å². The van der Waals surface area contributed by atoms with Crippen LogP contribution in [0.25, 0.3) is 16.7 Å². The van der Waals surface area contributed by atoms with Crippen molar-refractivity contribution in [1.82, 2.24) is 24.6 Å². The molecular formula is C39H37FN6O. The fourth-order valence-electron chi connectivity index (χ4n) is 6.47. The van der Waals surface area contributed by atoms with Gasteiger partial charge >= 0.3 is 0 Å². The number of anilines is 1. The van der Waals surface area contributed by atoms with E-state index in [2.05, 4.69) is 36.1 Å². The Bertz CT molecular complexity index is 1950. The largest absolute Gasteiger partial charge is 0.354 e. The van der Waals surface area contributed by atoms with E-state index in [0.717, 1.165) is 52.2 Å². The van der Waals surface area contributed by atoms with Crippen LogP contribution in [0.15, 0.2) is 109 Å². The van der Waals surface area contributed by atoms with Crippen LogP contribution < -0.4 is 4.90 Å². The molecule has 4 aromatic carbocycles. The molecule has 7 nitrogen and oxygen atoms in total. The molecule has 1 aliphatic heterocycles. The summed E-state index contributed by atoms with van der Waals surface area (Å²) in [6, 6.07) is 34.8. The first-order valence-corrected chi connectivity index (χ1v) is 16.2. The number of rotatable bonds is 7. The Kier molecular flexibility index (Phi) is 8.48. The van der Waals surface area contributed by atoms with E-state index in [-0.39, 0.29) is 17.6 Å². The SMILES string of the molecule is Cc1ccc(Cc2nc(N3CCCN(C(=O)C(c4ccccc4)c4ccccc4)CC3)c3c(C)nn(-c4ccc(F)cc4)c3n2)cc1. The van der Waals surface area contributed by atoms with Gasteiger partial charge in [0.15, 0.2) is 5.65 Å². The number of halogens is 1. The predicted octanol–water partition coefficient (Wildman–Crippen LogP) is 7.03. The predicted molar refractivity (Wildman–Crippen MR) is 183 cm³/mol. The minimum atomic E-state index is -0.369. The third kappa shape index (κ3) is 6.36. The van der Waals surface area contributed by atoms with E-state index in [1.54, 1.807) is 16.8 Å². The lowest BCUT2D eigenvalue weighted by atomic mass is 9.90. The summed E-state index contributed by atoms with van der Waals surface area (Å²) < 4.78 is 15.6. The quantitative estimate of drug-likeness (QED) is 0.191. The molecule has 7 rings (SSSR count). The van der Waals surface area contributed by atoms with E-state index >= 15 is 0 Å². The summed E-state index contributed by atoms with van der Waals surface area (Å²) in [5.74, 6) is 0.942. The second-order valence-corrected chi connectivity index (χ2v) is 12.2. The van der Waals surface area contributed by atoms with Crippen molar-refractivity contribution in [1.29, 1.82) is 0 Å². The minimum absolute atomic E-state index is 0.109. The van der Waals surface area contributed by atoms with E-state index in [1.807, 2.05) is 72.5 Å². The number of hydrogen-bond acceptors (Lipinski definition) is 5. The number of fused-ring (bicyclic) bond motifs is 1. The van der Waals surface area contributed by atoms with Gasteiger partial charge in [-0.15, -0.1) is 0 Å². The van der Waals surface area contributed by atoms with Gasteiger partial charge in [-0.3, -0.25) is 4.79 Å². The Morgan fingerprint density at radius 3 is 2.09 bits per heavy atom.